The second-order valence-electron chi connectivity index (χ2n) is 10.0. The Morgan fingerprint density at radius 1 is 1.08 bits per heavy atom. The van der Waals surface area contributed by atoms with E-state index in [1.165, 1.54) is 32.4 Å². The van der Waals surface area contributed by atoms with Crippen molar-refractivity contribution >= 4 is 34.1 Å². The molecule has 1 aliphatic carbocycles. The van der Waals surface area contributed by atoms with E-state index in [1.807, 2.05) is 38.2 Å². The summed E-state index contributed by atoms with van der Waals surface area (Å²) in [4.78, 5) is 6.89. The maximum Gasteiger partial charge on any atom is 0.124 e. The monoisotopic (exact) mass is 524 g/mol. The molecule has 1 N–H and O–H groups in total. The molecule has 4 heterocycles. The number of aryl methyl sites for hydroxylation is 1. The molecule has 7 nitrogen and oxygen atoms in total. The van der Waals surface area contributed by atoms with E-state index in [4.69, 9.17) is 33.0 Å². The summed E-state index contributed by atoms with van der Waals surface area (Å²) in [7, 11) is 0. The van der Waals surface area contributed by atoms with Crippen molar-refractivity contribution in [3.05, 3.63) is 58.1 Å². The van der Waals surface area contributed by atoms with Gasteiger partial charge in [-0.15, -0.1) is 0 Å². The molecule has 36 heavy (non-hydrogen) atoms. The highest BCUT2D eigenvalue weighted by Gasteiger charge is 2.29. The molecule has 1 atom stereocenters. The molecular weight excluding hydrogens is 495 g/mol. The number of benzene rings is 1. The fraction of sp³-hybridized carbons (Fsp3) is 0.444. The molecule has 0 radical (unpaired) electrons. The molecule has 1 saturated heterocycles. The minimum absolute atomic E-state index is 0.340. The van der Waals surface area contributed by atoms with E-state index in [0.29, 0.717) is 16.1 Å². The third kappa shape index (κ3) is 4.38. The van der Waals surface area contributed by atoms with Gasteiger partial charge in [-0.3, -0.25) is 14.8 Å². The molecule has 4 aromatic rings. The Labute approximate surface area is 220 Å². The summed E-state index contributed by atoms with van der Waals surface area (Å²) in [6.07, 6.45) is 11.8. The molecule has 0 amide bonds. The third-order valence-electron chi connectivity index (χ3n) is 7.78. The van der Waals surface area contributed by atoms with Crippen molar-refractivity contribution in [1.29, 1.82) is 0 Å². The molecule has 0 unspecified atom stereocenters. The minimum atomic E-state index is -0.340. The number of likely N-dealkylation sites (tertiary alicyclic amines) is 1. The fourth-order valence-electron chi connectivity index (χ4n) is 5.43. The normalized spacial score (nSPS) is 18.4. The van der Waals surface area contributed by atoms with Crippen LogP contribution in [0.1, 0.15) is 62.4 Å². The third-order valence-corrected chi connectivity index (χ3v) is 8.55. The van der Waals surface area contributed by atoms with Gasteiger partial charge in [-0.1, -0.05) is 29.6 Å². The van der Waals surface area contributed by atoms with Crippen LogP contribution >= 0.6 is 23.2 Å². The van der Waals surface area contributed by atoms with Crippen LogP contribution in [0, 0.1) is 6.92 Å². The van der Waals surface area contributed by atoms with Crippen LogP contribution in [0.15, 0.2) is 36.8 Å². The molecule has 9 heteroatoms. The first-order chi connectivity index (χ1) is 17.5. The van der Waals surface area contributed by atoms with Crippen LogP contribution in [-0.4, -0.2) is 49.0 Å². The highest BCUT2D eigenvalue weighted by atomic mass is 35.5. The molecule has 2 aliphatic rings. The van der Waals surface area contributed by atoms with Gasteiger partial charge in [-0.2, -0.15) is 10.2 Å². The number of piperidine rings is 1. The van der Waals surface area contributed by atoms with Gasteiger partial charge in [-0.05, 0) is 57.7 Å². The molecule has 188 valence electrons. The van der Waals surface area contributed by atoms with E-state index >= 15 is 0 Å². The number of aromatic nitrogens is 5. The number of hydrogen-bond donors (Lipinski definition) is 1. The van der Waals surface area contributed by atoms with Crippen LogP contribution in [0.25, 0.3) is 22.2 Å². The van der Waals surface area contributed by atoms with Crippen molar-refractivity contribution in [3.8, 4) is 17.0 Å². The van der Waals surface area contributed by atoms with Gasteiger partial charge in [0.1, 0.15) is 17.5 Å². The summed E-state index contributed by atoms with van der Waals surface area (Å²) in [5.74, 6) is 0.718. The Morgan fingerprint density at radius 2 is 1.89 bits per heavy atom. The first-order valence-corrected chi connectivity index (χ1v) is 13.5. The van der Waals surface area contributed by atoms with Gasteiger partial charge in [0.05, 0.1) is 33.5 Å². The second-order valence-corrected chi connectivity index (χ2v) is 10.8. The number of hydrogen-bond acceptors (Lipinski definition) is 5. The number of nitrogens with zero attached hydrogens (tertiary/aromatic N) is 5. The number of H-pyrrole nitrogens is 1. The molecule has 1 saturated carbocycles. The van der Waals surface area contributed by atoms with E-state index in [-0.39, 0.29) is 6.10 Å². The second kappa shape index (κ2) is 9.69. The molecule has 2 fully saturated rings. The molecule has 0 spiro atoms. The van der Waals surface area contributed by atoms with E-state index < -0.39 is 0 Å². The first kappa shape index (κ1) is 23.8. The van der Waals surface area contributed by atoms with Crippen LogP contribution in [0.5, 0.6) is 5.75 Å². The predicted molar refractivity (Wildman–Crippen MR) is 143 cm³/mol. The Morgan fingerprint density at radius 3 is 2.64 bits per heavy atom. The zero-order chi connectivity index (χ0) is 24.8. The van der Waals surface area contributed by atoms with Crippen LogP contribution in [0.4, 0.5) is 0 Å². The average molecular weight is 525 g/mol. The lowest BCUT2D eigenvalue weighted by Crippen LogP contribution is -2.45. The van der Waals surface area contributed by atoms with Crippen LogP contribution in [0.3, 0.4) is 0 Å². The maximum atomic E-state index is 6.49. The number of rotatable bonds is 6. The van der Waals surface area contributed by atoms with Crippen LogP contribution < -0.4 is 4.74 Å². The highest BCUT2D eigenvalue weighted by Crippen LogP contribution is 2.36. The maximum absolute atomic E-state index is 6.49. The average Bonchev–Trinajstić information content (AvgIpc) is 3.48. The molecule has 1 aliphatic heterocycles. The lowest BCUT2D eigenvalue weighted by molar-refractivity contribution is 0.0842. The van der Waals surface area contributed by atoms with Gasteiger partial charge >= 0.3 is 0 Å². The number of fused-ring (bicyclic) bond motifs is 1. The van der Waals surface area contributed by atoms with E-state index in [0.717, 1.165) is 58.1 Å². The summed E-state index contributed by atoms with van der Waals surface area (Å²) in [5, 5.41) is 14.5. The zero-order valence-corrected chi connectivity index (χ0v) is 22.1. The van der Waals surface area contributed by atoms with E-state index in [9.17, 15) is 0 Å². The van der Waals surface area contributed by atoms with Gasteiger partial charge in [0.25, 0.3) is 0 Å². The summed E-state index contributed by atoms with van der Waals surface area (Å²) in [5.41, 5.74) is 4.29. The lowest BCUT2D eigenvalue weighted by atomic mass is 9.89. The van der Waals surface area contributed by atoms with Crippen molar-refractivity contribution in [2.24, 2.45) is 0 Å². The fourth-order valence-corrected chi connectivity index (χ4v) is 6.08. The molecule has 3 aromatic heterocycles. The van der Waals surface area contributed by atoms with Gasteiger partial charge in [-0.25, -0.2) is 0 Å². The summed E-state index contributed by atoms with van der Waals surface area (Å²) >= 11 is 12.9. The SMILES string of the molecule is Cc1ncc(Cl)c([C@@H](C)Oc2ccc3[nH]nc(-c4cnn(C5CCN(C6CCC6)CC5)c4)c3c2)c1Cl. The number of ether oxygens (including phenoxy) is 1. The number of nitrogens with one attached hydrogen (secondary N) is 1. The molecular formula is C27H30Cl2N6O. The first-order valence-electron chi connectivity index (χ1n) is 12.7. The number of halogens is 2. The van der Waals surface area contributed by atoms with Gasteiger partial charge in [0, 0.05) is 48.0 Å². The number of pyridine rings is 1. The van der Waals surface area contributed by atoms with Crippen molar-refractivity contribution in [1.82, 2.24) is 29.9 Å². The Kier molecular flexibility index (Phi) is 6.40. The highest BCUT2D eigenvalue weighted by molar-refractivity contribution is 6.36. The number of aromatic amines is 1. The molecule has 0 bridgehead atoms. The van der Waals surface area contributed by atoms with Gasteiger partial charge in [0.2, 0.25) is 0 Å². The van der Waals surface area contributed by atoms with Crippen molar-refractivity contribution < 1.29 is 4.74 Å². The lowest BCUT2D eigenvalue weighted by Gasteiger charge is -2.41. The van der Waals surface area contributed by atoms with E-state index in [1.54, 1.807) is 6.20 Å². The zero-order valence-electron chi connectivity index (χ0n) is 20.5. The van der Waals surface area contributed by atoms with Gasteiger partial charge in [0.15, 0.2) is 0 Å². The smallest absolute Gasteiger partial charge is 0.124 e. The quantitative estimate of drug-likeness (QED) is 0.301. The summed E-state index contributed by atoms with van der Waals surface area (Å²) in [6, 6.07) is 7.18. The molecule has 6 rings (SSSR count). The van der Waals surface area contributed by atoms with Crippen molar-refractivity contribution in [3.63, 3.8) is 0 Å². The summed E-state index contributed by atoms with van der Waals surface area (Å²) in [6.45, 7) is 6.13. The van der Waals surface area contributed by atoms with E-state index in [2.05, 4.69) is 31.0 Å². The van der Waals surface area contributed by atoms with Crippen molar-refractivity contribution in [2.45, 2.75) is 64.1 Å². The Bertz CT molecular complexity index is 1390. The Balaban J connectivity index is 1.21. The minimum Gasteiger partial charge on any atom is -0.486 e. The van der Waals surface area contributed by atoms with Crippen LogP contribution in [-0.2, 0) is 0 Å². The topological polar surface area (TPSA) is 71.9 Å². The summed E-state index contributed by atoms with van der Waals surface area (Å²) < 4.78 is 8.40. The van der Waals surface area contributed by atoms with Crippen molar-refractivity contribution in [2.75, 3.05) is 13.1 Å². The molecule has 1 aromatic carbocycles. The predicted octanol–water partition coefficient (Wildman–Crippen LogP) is 6.77. The van der Waals surface area contributed by atoms with Crippen LogP contribution in [0.2, 0.25) is 10.0 Å². The standard InChI is InChI=1S/C27H30Cl2N6O/c1-16-26(29)25(23(28)14-30-16)17(2)36-21-6-7-24-22(12-21)27(33-32-24)18-13-31-35(15-18)20-8-10-34(11-9-20)19-4-3-5-19/h6-7,12-15,17,19-20H,3-5,8-11H2,1-2H3,(H,32,33)/t17-/m1/s1. The van der Waals surface area contributed by atoms with Gasteiger partial charge < -0.3 is 9.64 Å². The largest absolute Gasteiger partial charge is 0.486 e. The Hall–Kier alpha value is -2.61.